The second kappa shape index (κ2) is 4.14. The van der Waals surface area contributed by atoms with Crippen LogP contribution in [0, 0.1) is 0 Å². The highest BCUT2D eigenvalue weighted by Crippen LogP contribution is 2.33. The highest BCUT2D eigenvalue weighted by atomic mass is 16.7. The van der Waals surface area contributed by atoms with Crippen molar-refractivity contribution < 1.29 is 13.9 Å². The molecule has 4 nitrogen and oxygen atoms in total. The van der Waals surface area contributed by atoms with E-state index < -0.39 is 0 Å². The van der Waals surface area contributed by atoms with Crippen LogP contribution in [0.5, 0.6) is 11.5 Å². The maximum Gasteiger partial charge on any atom is 0.231 e. The van der Waals surface area contributed by atoms with Crippen LogP contribution >= 0.6 is 0 Å². The van der Waals surface area contributed by atoms with E-state index >= 15 is 0 Å². The lowest BCUT2D eigenvalue weighted by Crippen LogP contribution is -1.99. The Morgan fingerprint density at radius 1 is 1.12 bits per heavy atom. The SMILES string of the molecule is NCc1occc1Cc1ccc2c(c1)OCO2. The normalized spacial score (nSPS) is 13.0. The van der Waals surface area contributed by atoms with E-state index in [4.69, 9.17) is 19.6 Å². The van der Waals surface area contributed by atoms with E-state index in [-0.39, 0.29) is 0 Å². The second-order valence-corrected chi connectivity index (χ2v) is 3.94. The van der Waals surface area contributed by atoms with Crippen molar-refractivity contribution in [1.29, 1.82) is 0 Å². The van der Waals surface area contributed by atoms with Crippen LogP contribution in [0.2, 0.25) is 0 Å². The number of rotatable bonds is 3. The zero-order valence-corrected chi connectivity index (χ0v) is 9.31. The number of fused-ring (bicyclic) bond motifs is 1. The van der Waals surface area contributed by atoms with Crippen LogP contribution in [0.1, 0.15) is 16.9 Å². The molecule has 4 heteroatoms. The Labute approximate surface area is 98.9 Å². The van der Waals surface area contributed by atoms with E-state index in [1.165, 1.54) is 0 Å². The molecule has 1 aliphatic rings. The number of hydrogen-bond acceptors (Lipinski definition) is 4. The molecule has 0 amide bonds. The fourth-order valence-corrected chi connectivity index (χ4v) is 1.97. The van der Waals surface area contributed by atoms with Crippen molar-refractivity contribution in [2.24, 2.45) is 5.73 Å². The third-order valence-corrected chi connectivity index (χ3v) is 2.85. The molecule has 0 unspecified atom stereocenters. The first-order valence-electron chi connectivity index (χ1n) is 5.50. The molecule has 2 aromatic rings. The van der Waals surface area contributed by atoms with Crippen LogP contribution in [0.25, 0.3) is 0 Å². The number of ether oxygens (including phenoxy) is 2. The van der Waals surface area contributed by atoms with Gasteiger partial charge in [0.1, 0.15) is 5.76 Å². The van der Waals surface area contributed by atoms with Crippen LogP contribution in [0.3, 0.4) is 0 Å². The fraction of sp³-hybridized carbons (Fsp3) is 0.231. The molecule has 17 heavy (non-hydrogen) atoms. The van der Waals surface area contributed by atoms with E-state index in [0.29, 0.717) is 13.3 Å². The lowest BCUT2D eigenvalue weighted by molar-refractivity contribution is 0.174. The van der Waals surface area contributed by atoms with E-state index in [1.54, 1.807) is 6.26 Å². The summed E-state index contributed by atoms with van der Waals surface area (Å²) < 4.78 is 15.9. The van der Waals surface area contributed by atoms with Crippen LogP contribution in [0.4, 0.5) is 0 Å². The Morgan fingerprint density at radius 2 is 2.00 bits per heavy atom. The Hall–Kier alpha value is -1.94. The minimum Gasteiger partial charge on any atom is -0.468 e. The summed E-state index contributed by atoms with van der Waals surface area (Å²) in [5, 5.41) is 0. The Morgan fingerprint density at radius 3 is 2.88 bits per heavy atom. The molecule has 1 aliphatic heterocycles. The highest BCUT2D eigenvalue weighted by Gasteiger charge is 2.14. The van der Waals surface area contributed by atoms with Gasteiger partial charge >= 0.3 is 0 Å². The number of hydrogen-bond donors (Lipinski definition) is 1. The van der Waals surface area contributed by atoms with Gasteiger partial charge in [0.2, 0.25) is 6.79 Å². The molecule has 88 valence electrons. The first-order valence-corrected chi connectivity index (χ1v) is 5.50. The summed E-state index contributed by atoms with van der Waals surface area (Å²) in [6, 6.07) is 7.91. The zero-order chi connectivity index (χ0) is 11.7. The molecule has 0 spiro atoms. The molecule has 0 saturated heterocycles. The minimum absolute atomic E-state index is 0.304. The third kappa shape index (κ3) is 1.87. The third-order valence-electron chi connectivity index (χ3n) is 2.85. The van der Waals surface area contributed by atoms with Crippen molar-refractivity contribution in [3.05, 3.63) is 47.4 Å². The van der Waals surface area contributed by atoms with Gasteiger partial charge in [-0.3, -0.25) is 0 Å². The standard InChI is InChI=1S/C13H13NO3/c14-7-13-10(3-4-15-13)5-9-1-2-11-12(6-9)17-8-16-11/h1-4,6H,5,7-8,14H2. The number of benzene rings is 1. The Balaban J connectivity index is 1.86. The van der Waals surface area contributed by atoms with Crippen LogP contribution in [0.15, 0.2) is 34.9 Å². The summed E-state index contributed by atoms with van der Waals surface area (Å²) in [5.74, 6) is 2.45. The molecular weight excluding hydrogens is 218 g/mol. The highest BCUT2D eigenvalue weighted by molar-refractivity contribution is 5.45. The fourth-order valence-electron chi connectivity index (χ4n) is 1.97. The lowest BCUT2D eigenvalue weighted by Gasteiger charge is -2.03. The van der Waals surface area contributed by atoms with E-state index in [2.05, 4.69) is 0 Å². The van der Waals surface area contributed by atoms with Crippen molar-refractivity contribution in [2.75, 3.05) is 6.79 Å². The van der Waals surface area contributed by atoms with Gasteiger partial charge in [-0.25, -0.2) is 0 Å². The predicted molar refractivity (Wildman–Crippen MR) is 62.0 cm³/mol. The molecule has 2 heterocycles. The van der Waals surface area contributed by atoms with E-state index in [9.17, 15) is 0 Å². The van der Waals surface area contributed by atoms with Gasteiger partial charge in [-0.15, -0.1) is 0 Å². The predicted octanol–water partition coefficient (Wildman–Crippen LogP) is 2.06. The Kier molecular flexibility index (Phi) is 2.49. The van der Waals surface area contributed by atoms with Crippen LogP contribution in [-0.2, 0) is 13.0 Å². The molecule has 3 rings (SSSR count). The maximum absolute atomic E-state index is 5.60. The van der Waals surface area contributed by atoms with Crippen molar-refractivity contribution >= 4 is 0 Å². The first kappa shape index (κ1) is 10.2. The van der Waals surface area contributed by atoms with Gasteiger partial charge in [0.05, 0.1) is 12.8 Å². The quantitative estimate of drug-likeness (QED) is 0.878. The van der Waals surface area contributed by atoms with E-state index in [0.717, 1.165) is 34.8 Å². The first-order chi connectivity index (χ1) is 8.36. The second-order valence-electron chi connectivity index (χ2n) is 3.94. The van der Waals surface area contributed by atoms with Crippen molar-refractivity contribution in [3.63, 3.8) is 0 Å². The molecule has 0 radical (unpaired) electrons. The Bertz CT molecular complexity index is 533. The van der Waals surface area contributed by atoms with Crippen LogP contribution < -0.4 is 15.2 Å². The average Bonchev–Trinajstić information content (AvgIpc) is 2.96. The molecular formula is C13H13NO3. The monoisotopic (exact) mass is 231 g/mol. The summed E-state index contributed by atoms with van der Waals surface area (Å²) in [5.41, 5.74) is 7.88. The summed E-state index contributed by atoms with van der Waals surface area (Å²) in [7, 11) is 0. The van der Waals surface area contributed by atoms with Gasteiger partial charge in [0.25, 0.3) is 0 Å². The van der Waals surface area contributed by atoms with Crippen molar-refractivity contribution in [1.82, 2.24) is 0 Å². The molecule has 0 atom stereocenters. The largest absolute Gasteiger partial charge is 0.468 e. The van der Waals surface area contributed by atoms with Crippen molar-refractivity contribution in [2.45, 2.75) is 13.0 Å². The van der Waals surface area contributed by atoms with Gasteiger partial charge in [-0.1, -0.05) is 6.07 Å². The van der Waals surface area contributed by atoms with Crippen LogP contribution in [-0.4, -0.2) is 6.79 Å². The maximum atomic E-state index is 5.60. The molecule has 0 bridgehead atoms. The van der Waals surface area contributed by atoms with E-state index in [1.807, 2.05) is 24.3 Å². The average molecular weight is 231 g/mol. The molecule has 0 aliphatic carbocycles. The molecule has 0 saturated carbocycles. The topological polar surface area (TPSA) is 57.6 Å². The molecule has 2 N–H and O–H groups in total. The lowest BCUT2D eigenvalue weighted by atomic mass is 10.0. The number of nitrogens with two attached hydrogens (primary N) is 1. The van der Waals surface area contributed by atoms with Gasteiger partial charge in [0, 0.05) is 6.42 Å². The van der Waals surface area contributed by atoms with Gasteiger partial charge in [-0.05, 0) is 29.3 Å². The summed E-state index contributed by atoms with van der Waals surface area (Å²) >= 11 is 0. The van der Waals surface area contributed by atoms with Crippen molar-refractivity contribution in [3.8, 4) is 11.5 Å². The summed E-state index contributed by atoms with van der Waals surface area (Å²) in [6.07, 6.45) is 2.46. The summed E-state index contributed by atoms with van der Waals surface area (Å²) in [6.45, 7) is 0.728. The molecule has 1 aromatic carbocycles. The number of furan rings is 1. The zero-order valence-electron chi connectivity index (χ0n) is 9.31. The minimum atomic E-state index is 0.304. The molecule has 1 aromatic heterocycles. The smallest absolute Gasteiger partial charge is 0.231 e. The van der Waals surface area contributed by atoms with Gasteiger partial charge in [-0.2, -0.15) is 0 Å². The summed E-state index contributed by atoms with van der Waals surface area (Å²) in [4.78, 5) is 0. The van der Waals surface area contributed by atoms with Gasteiger partial charge < -0.3 is 19.6 Å². The molecule has 0 fully saturated rings. The van der Waals surface area contributed by atoms with Gasteiger partial charge in [0.15, 0.2) is 11.5 Å².